The number of nitrogens with zero attached hydrogens (tertiary/aromatic N) is 2. The van der Waals surface area contributed by atoms with E-state index in [1.54, 1.807) is 45.5 Å². The zero-order chi connectivity index (χ0) is 22.7. The van der Waals surface area contributed by atoms with Crippen molar-refractivity contribution in [2.75, 3.05) is 31.9 Å². The highest BCUT2D eigenvalue weighted by Gasteiger charge is 2.15. The lowest BCUT2D eigenvalue weighted by Crippen LogP contribution is -2.11. The van der Waals surface area contributed by atoms with Crippen LogP contribution in [0.5, 0.6) is 17.2 Å². The molecule has 8 heteroatoms. The van der Waals surface area contributed by atoms with Gasteiger partial charge in [0.2, 0.25) is 5.95 Å². The van der Waals surface area contributed by atoms with Crippen molar-refractivity contribution in [2.45, 2.75) is 0 Å². The van der Waals surface area contributed by atoms with Crippen molar-refractivity contribution in [2.24, 2.45) is 0 Å². The average Bonchev–Trinajstić information content (AvgIpc) is 2.82. The number of methoxy groups -OCH3 is 2. The minimum atomic E-state index is -0.326. The molecule has 0 spiro atoms. The topological polar surface area (TPSA) is 106 Å². The molecule has 3 N–H and O–H groups in total. The highest BCUT2D eigenvalue weighted by atomic mass is 16.5. The van der Waals surface area contributed by atoms with E-state index in [-0.39, 0.29) is 11.7 Å². The summed E-state index contributed by atoms with van der Waals surface area (Å²) in [5, 5.41) is 16.2. The fourth-order valence-corrected chi connectivity index (χ4v) is 3.38. The van der Waals surface area contributed by atoms with Crippen LogP contribution in [-0.4, -0.2) is 42.2 Å². The van der Waals surface area contributed by atoms with Gasteiger partial charge in [0.25, 0.3) is 5.91 Å². The van der Waals surface area contributed by atoms with Crippen LogP contribution in [0.1, 0.15) is 10.4 Å². The Balaban J connectivity index is 1.78. The Morgan fingerprint density at radius 1 is 0.938 bits per heavy atom. The Labute approximate surface area is 184 Å². The monoisotopic (exact) mass is 430 g/mol. The number of benzene rings is 3. The molecule has 0 saturated carbocycles. The Hall–Kier alpha value is -4.33. The Bertz CT molecular complexity index is 1310. The molecule has 1 aromatic heterocycles. The number of phenols is 1. The molecule has 3 aromatic carbocycles. The zero-order valence-corrected chi connectivity index (χ0v) is 17.8. The maximum atomic E-state index is 12.6. The van der Waals surface area contributed by atoms with Crippen molar-refractivity contribution in [3.05, 3.63) is 66.2 Å². The van der Waals surface area contributed by atoms with Gasteiger partial charge in [-0.15, -0.1) is 0 Å². The lowest BCUT2D eigenvalue weighted by atomic mass is 10.0. The summed E-state index contributed by atoms with van der Waals surface area (Å²) in [7, 11) is 4.89. The number of aromatic nitrogens is 2. The summed E-state index contributed by atoms with van der Waals surface area (Å²) >= 11 is 0. The van der Waals surface area contributed by atoms with Crippen molar-refractivity contribution >= 4 is 28.4 Å². The van der Waals surface area contributed by atoms with Crippen LogP contribution in [0, 0.1) is 0 Å². The first-order valence-electron chi connectivity index (χ1n) is 9.84. The van der Waals surface area contributed by atoms with Gasteiger partial charge in [0, 0.05) is 35.3 Å². The first-order chi connectivity index (χ1) is 15.5. The Morgan fingerprint density at radius 2 is 1.69 bits per heavy atom. The molecule has 4 rings (SSSR count). The third-order valence-corrected chi connectivity index (χ3v) is 4.93. The summed E-state index contributed by atoms with van der Waals surface area (Å²) in [4.78, 5) is 21.8. The van der Waals surface area contributed by atoms with E-state index in [4.69, 9.17) is 9.47 Å². The van der Waals surface area contributed by atoms with E-state index >= 15 is 0 Å². The summed E-state index contributed by atoms with van der Waals surface area (Å²) in [6.07, 6.45) is 0. The van der Waals surface area contributed by atoms with Crippen molar-refractivity contribution in [1.29, 1.82) is 0 Å². The quantitative estimate of drug-likeness (QED) is 0.418. The molecule has 0 atom stereocenters. The van der Waals surface area contributed by atoms with E-state index in [0.717, 1.165) is 10.9 Å². The molecule has 0 bridgehead atoms. The van der Waals surface area contributed by atoms with Crippen LogP contribution in [0.4, 0.5) is 11.6 Å². The standard InChI is InChI=1S/C24H22N4O4/c1-25-24-27-19-13-21(32-3)20(31-2)12-18(19)22(28-24)14-6-4-8-16(10-14)26-23(30)15-7-5-9-17(29)11-15/h4-13,29H,1-3H3,(H,26,30)(H,25,27,28). The molecular weight excluding hydrogens is 408 g/mol. The van der Waals surface area contributed by atoms with Gasteiger partial charge in [-0.1, -0.05) is 18.2 Å². The van der Waals surface area contributed by atoms with Gasteiger partial charge in [-0.25, -0.2) is 9.97 Å². The Morgan fingerprint density at radius 3 is 2.41 bits per heavy atom. The van der Waals surface area contributed by atoms with Gasteiger partial charge in [0.15, 0.2) is 11.5 Å². The van der Waals surface area contributed by atoms with Gasteiger partial charge in [-0.2, -0.15) is 0 Å². The fraction of sp³-hybridized carbons (Fsp3) is 0.125. The van der Waals surface area contributed by atoms with Crippen LogP contribution in [0.3, 0.4) is 0 Å². The number of nitrogens with one attached hydrogen (secondary N) is 2. The van der Waals surface area contributed by atoms with Gasteiger partial charge in [-0.3, -0.25) is 4.79 Å². The van der Waals surface area contributed by atoms with Gasteiger partial charge in [0.1, 0.15) is 5.75 Å². The predicted molar refractivity (Wildman–Crippen MR) is 124 cm³/mol. The fourth-order valence-electron chi connectivity index (χ4n) is 3.38. The van der Waals surface area contributed by atoms with Crippen molar-refractivity contribution < 1.29 is 19.4 Å². The molecule has 0 saturated heterocycles. The van der Waals surface area contributed by atoms with Crippen LogP contribution in [0.25, 0.3) is 22.2 Å². The minimum Gasteiger partial charge on any atom is -0.508 e. The van der Waals surface area contributed by atoms with Gasteiger partial charge < -0.3 is 25.2 Å². The van der Waals surface area contributed by atoms with Crippen molar-refractivity contribution in [3.8, 4) is 28.5 Å². The van der Waals surface area contributed by atoms with Crippen molar-refractivity contribution in [3.63, 3.8) is 0 Å². The Kier molecular flexibility index (Phi) is 5.76. The van der Waals surface area contributed by atoms with Crippen LogP contribution < -0.4 is 20.1 Å². The van der Waals surface area contributed by atoms with E-state index in [0.29, 0.717) is 39.9 Å². The predicted octanol–water partition coefficient (Wildman–Crippen LogP) is 4.31. The number of fused-ring (bicyclic) bond motifs is 1. The number of rotatable bonds is 6. The summed E-state index contributed by atoms with van der Waals surface area (Å²) < 4.78 is 10.9. The number of carbonyl (C=O) groups excluding carboxylic acids is 1. The number of ether oxygens (including phenoxy) is 2. The second-order valence-electron chi connectivity index (χ2n) is 6.96. The average molecular weight is 430 g/mol. The third kappa shape index (κ3) is 4.11. The van der Waals surface area contributed by atoms with Crippen molar-refractivity contribution in [1.82, 2.24) is 9.97 Å². The third-order valence-electron chi connectivity index (χ3n) is 4.93. The number of anilines is 2. The highest BCUT2D eigenvalue weighted by Crippen LogP contribution is 2.36. The second-order valence-corrected chi connectivity index (χ2v) is 6.96. The first kappa shape index (κ1) is 20.9. The maximum Gasteiger partial charge on any atom is 0.255 e. The van der Waals surface area contributed by atoms with Crippen LogP contribution in [0.2, 0.25) is 0 Å². The summed E-state index contributed by atoms with van der Waals surface area (Å²) in [5.74, 6) is 1.29. The number of carbonyl (C=O) groups is 1. The molecular formula is C24H22N4O4. The van der Waals surface area contributed by atoms with E-state index in [1.807, 2.05) is 24.3 Å². The molecule has 162 valence electrons. The SMILES string of the molecule is CNc1nc(-c2cccc(NC(=O)c3cccc(O)c3)c2)c2cc(OC)c(OC)cc2n1. The molecule has 0 aliphatic carbocycles. The largest absolute Gasteiger partial charge is 0.508 e. The summed E-state index contributed by atoms with van der Waals surface area (Å²) in [5.41, 5.74) is 3.10. The lowest BCUT2D eigenvalue weighted by Gasteiger charge is -2.13. The number of aromatic hydroxyl groups is 1. The van der Waals surface area contributed by atoms with Crippen LogP contribution in [0.15, 0.2) is 60.7 Å². The molecule has 4 aromatic rings. The van der Waals surface area contributed by atoms with E-state index in [1.165, 1.54) is 12.1 Å². The van der Waals surface area contributed by atoms with Gasteiger partial charge in [0.05, 0.1) is 25.4 Å². The molecule has 32 heavy (non-hydrogen) atoms. The van der Waals surface area contributed by atoms with Gasteiger partial charge >= 0.3 is 0 Å². The molecule has 1 amide bonds. The molecule has 1 heterocycles. The number of amides is 1. The van der Waals surface area contributed by atoms with E-state index < -0.39 is 0 Å². The molecule has 0 unspecified atom stereocenters. The first-order valence-corrected chi connectivity index (χ1v) is 9.84. The zero-order valence-electron chi connectivity index (χ0n) is 17.8. The second kappa shape index (κ2) is 8.81. The van der Waals surface area contributed by atoms with Crippen LogP contribution in [-0.2, 0) is 0 Å². The summed E-state index contributed by atoms with van der Waals surface area (Å²) in [6, 6.07) is 17.2. The van der Waals surface area contributed by atoms with E-state index in [2.05, 4.69) is 20.6 Å². The number of phenolic OH excluding ortho intramolecular Hbond substituents is 1. The smallest absolute Gasteiger partial charge is 0.255 e. The maximum absolute atomic E-state index is 12.6. The van der Waals surface area contributed by atoms with E-state index in [9.17, 15) is 9.90 Å². The molecule has 8 nitrogen and oxygen atoms in total. The normalized spacial score (nSPS) is 10.6. The molecule has 0 aliphatic rings. The number of hydrogen-bond acceptors (Lipinski definition) is 7. The minimum absolute atomic E-state index is 0.0304. The summed E-state index contributed by atoms with van der Waals surface area (Å²) in [6.45, 7) is 0. The molecule has 0 aliphatic heterocycles. The highest BCUT2D eigenvalue weighted by molar-refractivity contribution is 6.05. The van der Waals surface area contributed by atoms with Crippen LogP contribution >= 0.6 is 0 Å². The molecule has 0 radical (unpaired) electrons. The lowest BCUT2D eigenvalue weighted by molar-refractivity contribution is 0.102. The molecule has 0 fully saturated rings. The van der Waals surface area contributed by atoms with Gasteiger partial charge in [-0.05, 0) is 36.4 Å². The number of hydrogen-bond donors (Lipinski definition) is 3.